The lowest BCUT2D eigenvalue weighted by molar-refractivity contribution is -0.132. The van der Waals surface area contributed by atoms with Crippen LogP contribution in [-0.4, -0.2) is 52.6 Å². The van der Waals surface area contributed by atoms with E-state index in [2.05, 4.69) is 14.9 Å². The van der Waals surface area contributed by atoms with Gasteiger partial charge in [-0.05, 0) is 18.9 Å². The van der Waals surface area contributed by atoms with E-state index in [1.54, 1.807) is 41.7 Å². The molecule has 7 heteroatoms. The van der Waals surface area contributed by atoms with E-state index in [0.29, 0.717) is 25.1 Å². The number of anilines is 1. The summed E-state index contributed by atoms with van der Waals surface area (Å²) in [6.45, 7) is 2.78. The van der Waals surface area contributed by atoms with E-state index in [1.807, 2.05) is 0 Å². The van der Waals surface area contributed by atoms with Crippen LogP contribution >= 0.6 is 0 Å². The highest BCUT2D eigenvalue weighted by molar-refractivity contribution is 5.76. The van der Waals surface area contributed by atoms with E-state index in [4.69, 9.17) is 4.74 Å². The van der Waals surface area contributed by atoms with Gasteiger partial charge in [0.05, 0.1) is 31.4 Å². The Labute approximate surface area is 158 Å². The van der Waals surface area contributed by atoms with Crippen LogP contribution in [0.5, 0.6) is 0 Å². The number of halogens is 1. The first kappa shape index (κ1) is 17.9. The van der Waals surface area contributed by atoms with Gasteiger partial charge in [0, 0.05) is 37.6 Å². The third-order valence-electron chi connectivity index (χ3n) is 5.42. The van der Waals surface area contributed by atoms with Crippen molar-refractivity contribution in [1.29, 1.82) is 0 Å². The summed E-state index contributed by atoms with van der Waals surface area (Å²) in [6, 6.07) is 6.63. The molecule has 142 valence electrons. The molecule has 0 radical (unpaired) electrons. The van der Waals surface area contributed by atoms with Gasteiger partial charge in [-0.2, -0.15) is 0 Å². The monoisotopic (exact) mass is 370 g/mol. The van der Waals surface area contributed by atoms with Crippen molar-refractivity contribution in [1.82, 2.24) is 14.9 Å². The Kier molecular flexibility index (Phi) is 5.03. The lowest BCUT2D eigenvalue weighted by Gasteiger charge is -2.42. The third-order valence-corrected chi connectivity index (χ3v) is 5.42. The Morgan fingerprint density at radius 3 is 2.74 bits per heavy atom. The predicted molar refractivity (Wildman–Crippen MR) is 98.6 cm³/mol. The molecule has 1 amide bonds. The van der Waals surface area contributed by atoms with Crippen LogP contribution in [0.2, 0.25) is 0 Å². The average molecular weight is 370 g/mol. The van der Waals surface area contributed by atoms with E-state index in [-0.39, 0.29) is 23.9 Å². The van der Waals surface area contributed by atoms with Crippen molar-refractivity contribution in [3.63, 3.8) is 0 Å². The number of hydrogen-bond acceptors (Lipinski definition) is 5. The summed E-state index contributed by atoms with van der Waals surface area (Å²) in [7, 11) is 0. The number of carbonyl (C=O) groups excluding carboxylic acids is 1. The van der Waals surface area contributed by atoms with Crippen molar-refractivity contribution in [2.75, 3.05) is 31.1 Å². The van der Waals surface area contributed by atoms with E-state index < -0.39 is 0 Å². The van der Waals surface area contributed by atoms with Crippen molar-refractivity contribution in [2.24, 2.45) is 0 Å². The number of hydrogen-bond donors (Lipinski definition) is 0. The first-order valence-electron chi connectivity index (χ1n) is 9.31. The Bertz CT molecular complexity index is 794. The molecule has 0 bridgehead atoms. The standard InChI is InChI=1S/C20H23FN4O2/c21-17-4-2-1-3-16(17)14-25-15-20(27-12-5-19(25)26)6-10-24(11-7-20)18-13-22-8-9-23-18/h1-4,8-9,13H,5-7,10-12,14-15H2. The summed E-state index contributed by atoms with van der Waals surface area (Å²) in [5, 5.41) is 0. The summed E-state index contributed by atoms with van der Waals surface area (Å²) in [6.07, 6.45) is 7.05. The molecule has 0 atom stereocenters. The molecule has 6 nitrogen and oxygen atoms in total. The minimum Gasteiger partial charge on any atom is -0.372 e. The van der Waals surface area contributed by atoms with Gasteiger partial charge in [0.15, 0.2) is 0 Å². The summed E-state index contributed by atoms with van der Waals surface area (Å²) in [5.41, 5.74) is 0.163. The number of amides is 1. The molecule has 2 aromatic rings. The number of carbonyl (C=O) groups is 1. The average Bonchev–Trinajstić information content (AvgIpc) is 2.84. The molecule has 0 N–H and O–H groups in total. The van der Waals surface area contributed by atoms with Gasteiger partial charge in [-0.3, -0.25) is 9.78 Å². The molecule has 1 aromatic carbocycles. The minimum atomic E-state index is -0.379. The second kappa shape index (κ2) is 7.60. The van der Waals surface area contributed by atoms with Crippen LogP contribution in [0.15, 0.2) is 42.9 Å². The Balaban J connectivity index is 1.47. The van der Waals surface area contributed by atoms with Crippen molar-refractivity contribution >= 4 is 11.7 Å². The second-order valence-corrected chi connectivity index (χ2v) is 7.17. The van der Waals surface area contributed by atoms with Crippen LogP contribution in [0.4, 0.5) is 10.2 Å². The molecule has 2 aliphatic heterocycles. The van der Waals surface area contributed by atoms with Crippen molar-refractivity contribution < 1.29 is 13.9 Å². The normalized spacial score (nSPS) is 20.0. The van der Waals surface area contributed by atoms with E-state index >= 15 is 0 Å². The smallest absolute Gasteiger partial charge is 0.225 e. The van der Waals surface area contributed by atoms with Crippen LogP contribution in [0.25, 0.3) is 0 Å². The van der Waals surface area contributed by atoms with Crippen molar-refractivity contribution in [3.05, 3.63) is 54.2 Å². The fourth-order valence-corrected chi connectivity index (χ4v) is 3.87. The van der Waals surface area contributed by atoms with Gasteiger partial charge in [-0.1, -0.05) is 18.2 Å². The molecule has 3 heterocycles. The lowest BCUT2D eigenvalue weighted by atomic mass is 9.90. The van der Waals surface area contributed by atoms with E-state index in [1.165, 1.54) is 6.07 Å². The van der Waals surface area contributed by atoms with Gasteiger partial charge in [-0.15, -0.1) is 0 Å². The molecular formula is C20H23FN4O2. The minimum absolute atomic E-state index is 0.0199. The molecule has 1 spiro atoms. The van der Waals surface area contributed by atoms with Gasteiger partial charge in [0.2, 0.25) is 5.91 Å². The van der Waals surface area contributed by atoms with Gasteiger partial charge >= 0.3 is 0 Å². The van der Waals surface area contributed by atoms with Gasteiger partial charge in [0.1, 0.15) is 11.6 Å². The first-order chi connectivity index (χ1) is 13.2. The maximum absolute atomic E-state index is 14.1. The van der Waals surface area contributed by atoms with Crippen LogP contribution in [0.1, 0.15) is 24.8 Å². The van der Waals surface area contributed by atoms with Crippen LogP contribution in [-0.2, 0) is 16.1 Å². The molecule has 1 aromatic heterocycles. The summed E-state index contributed by atoms with van der Waals surface area (Å²) in [5.74, 6) is 0.605. The highest BCUT2D eigenvalue weighted by atomic mass is 19.1. The summed E-state index contributed by atoms with van der Waals surface area (Å²) >= 11 is 0. The molecule has 2 saturated heterocycles. The number of benzene rings is 1. The maximum Gasteiger partial charge on any atom is 0.225 e. The fraction of sp³-hybridized carbons (Fsp3) is 0.450. The largest absolute Gasteiger partial charge is 0.372 e. The number of aromatic nitrogens is 2. The second-order valence-electron chi connectivity index (χ2n) is 7.17. The number of ether oxygens (including phenoxy) is 1. The topological polar surface area (TPSA) is 58.6 Å². The SMILES string of the molecule is O=C1CCOC2(CCN(c3cnccn3)CC2)CN1Cc1ccccc1F. The maximum atomic E-state index is 14.1. The van der Waals surface area contributed by atoms with Gasteiger partial charge in [-0.25, -0.2) is 9.37 Å². The third kappa shape index (κ3) is 3.93. The highest BCUT2D eigenvalue weighted by Gasteiger charge is 2.40. The van der Waals surface area contributed by atoms with Crippen LogP contribution in [0.3, 0.4) is 0 Å². The summed E-state index contributed by atoms with van der Waals surface area (Å²) < 4.78 is 20.2. The van der Waals surface area contributed by atoms with Crippen LogP contribution < -0.4 is 4.90 Å². The zero-order valence-electron chi connectivity index (χ0n) is 15.2. The Hall–Kier alpha value is -2.54. The lowest BCUT2D eigenvalue weighted by Crippen LogP contribution is -2.52. The number of piperidine rings is 1. The molecule has 0 unspecified atom stereocenters. The Morgan fingerprint density at radius 2 is 2.00 bits per heavy atom. The molecule has 0 aliphatic carbocycles. The predicted octanol–water partition coefficient (Wildman–Crippen LogP) is 2.40. The Morgan fingerprint density at radius 1 is 1.19 bits per heavy atom. The zero-order chi connectivity index (χ0) is 18.7. The molecular weight excluding hydrogens is 347 g/mol. The van der Waals surface area contributed by atoms with E-state index in [9.17, 15) is 9.18 Å². The quantitative estimate of drug-likeness (QED) is 0.830. The molecule has 2 aliphatic rings. The highest BCUT2D eigenvalue weighted by Crippen LogP contribution is 2.32. The molecule has 2 fully saturated rings. The van der Waals surface area contributed by atoms with Crippen LogP contribution in [0, 0.1) is 5.82 Å². The fourth-order valence-electron chi connectivity index (χ4n) is 3.87. The number of rotatable bonds is 3. The summed E-state index contributed by atoms with van der Waals surface area (Å²) in [4.78, 5) is 25.0. The van der Waals surface area contributed by atoms with E-state index in [0.717, 1.165) is 31.7 Å². The molecule has 27 heavy (non-hydrogen) atoms. The molecule has 4 rings (SSSR count). The first-order valence-corrected chi connectivity index (χ1v) is 9.31. The number of nitrogens with zero attached hydrogens (tertiary/aromatic N) is 4. The van der Waals surface area contributed by atoms with Gasteiger partial charge in [0.25, 0.3) is 0 Å². The van der Waals surface area contributed by atoms with Crippen molar-refractivity contribution in [2.45, 2.75) is 31.4 Å². The molecule has 0 saturated carbocycles. The van der Waals surface area contributed by atoms with Gasteiger partial charge < -0.3 is 14.5 Å². The zero-order valence-corrected chi connectivity index (χ0v) is 15.2. The van der Waals surface area contributed by atoms with Crippen molar-refractivity contribution in [3.8, 4) is 0 Å².